The standard InChI is InChI=1S/C22H25F2IN6O/c1-11(2)10-27-18(32)5-6-31-17(28-19-20(26)29-22(24)30-21(19)31)9-13-7-14-12(8-16(13)25)3-4-15(14)23/h7-8,11,15H,3-6,9-10H2,1-2H3,(H,27,32)(H2,26,29,30). The monoisotopic (exact) mass is 554 g/mol. The van der Waals surface area contributed by atoms with Gasteiger partial charge in [0, 0.05) is 29.5 Å². The van der Waals surface area contributed by atoms with Crippen molar-refractivity contribution in [3.63, 3.8) is 0 Å². The van der Waals surface area contributed by atoms with E-state index in [2.05, 4.69) is 42.9 Å². The van der Waals surface area contributed by atoms with Gasteiger partial charge in [-0.3, -0.25) is 4.79 Å². The molecule has 32 heavy (non-hydrogen) atoms. The van der Waals surface area contributed by atoms with Crippen LogP contribution in [-0.4, -0.2) is 32.0 Å². The van der Waals surface area contributed by atoms with E-state index in [1.54, 1.807) is 4.57 Å². The largest absolute Gasteiger partial charge is 0.382 e. The van der Waals surface area contributed by atoms with Gasteiger partial charge in [0.05, 0.1) is 0 Å². The number of amides is 1. The van der Waals surface area contributed by atoms with Crippen LogP contribution in [0.15, 0.2) is 12.1 Å². The number of aromatic nitrogens is 4. The van der Waals surface area contributed by atoms with Crippen LogP contribution in [-0.2, 0) is 24.2 Å². The van der Waals surface area contributed by atoms with Gasteiger partial charge in [-0.1, -0.05) is 19.9 Å². The summed E-state index contributed by atoms with van der Waals surface area (Å²) in [6, 6.07) is 3.91. The quantitative estimate of drug-likeness (QED) is 0.342. The van der Waals surface area contributed by atoms with Gasteiger partial charge in [0.1, 0.15) is 12.0 Å². The van der Waals surface area contributed by atoms with Crippen LogP contribution in [0.2, 0.25) is 0 Å². The van der Waals surface area contributed by atoms with Crippen molar-refractivity contribution < 1.29 is 13.6 Å². The average molecular weight is 554 g/mol. The molecule has 0 saturated carbocycles. The molecule has 0 aliphatic heterocycles. The molecule has 0 radical (unpaired) electrons. The van der Waals surface area contributed by atoms with Crippen LogP contribution >= 0.6 is 22.6 Å². The van der Waals surface area contributed by atoms with Crippen molar-refractivity contribution in [1.82, 2.24) is 24.8 Å². The van der Waals surface area contributed by atoms with Gasteiger partial charge in [0.25, 0.3) is 0 Å². The number of halogens is 3. The second-order valence-electron chi connectivity index (χ2n) is 8.50. The number of fused-ring (bicyclic) bond motifs is 2. The Hall–Kier alpha value is -2.37. The molecule has 10 heteroatoms. The fourth-order valence-electron chi connectivity index (χ4n) is 3.96. The fraction of sp³-hybridized carbons (Fsp3) is 0.455. The maximum absolute atomic E-state index is 14.3. The molecular formula is C22H25F2IN6O. The number of anilines is 1. The first-order valence-corrected chi connectivity index (χ1v) is 11.7. The summed E-state index contributed by atoms with van der Waals surface area (Å²) >= 11 is 2.24. The Morgan fingerprint density at radius 1 is 1.34 bits per heavy atom. The molecule has 0 spiro atoms. The number of carbonyl (C=O) groups excluding carboxylic acids is 1. The summed E-state index contributed by atoms with van der Waals surface area (Å²) in [5.74, 6) is 0.756. The molecule has 1 unspecified atom stereocenters. The van der Waals surface area contributed by atoms with Crippen LogP contribution in [0.5, 0.6) is 0 Å². The molecule has 4 rings (SSSR count). The lowest BCUT2D eigenvalue weighted by Gasteiger charge is -2.12. The summed E-state index contributed by atoms with van der Waals surface area (Å²) in [5.41, 5.74) is 9.12. The zero-order chi connectivity index (χ0) is 23.0. The van der Waals surface area contributed by atoms with Gasteiger partial charge in [-0.2, -0.15) is 14.4 Å². The van der Waals surface area contributed by atoms with Crippen LogP contribution in [0.25, 0.3) is 11.2 Å². The molecule has 2 aromatic heterocycles. The van der Waals surface area contributed by atoms with Crippen molar-refractivity contribution in [1.29, 1.82) is 0 Å². The molecule has 0 fully saturated rings. The predicted octanol–water partition coefficient (Wildman–Crippen LogP) is 3.86. The molecule has 0 bridgehead atoms. The van der Waals surface area contributed by atoms with Crippen molar-refractivity contribution in [3.8, 4) is 0 Å². The number of alkyl halides is 1. The van der Waals surface area contributed by atoms with Crippen LogP contribution in [0.1, 0.15) is 55.4 Å². The molecule has 3 N–H and O–H groups in total. The van der Waals surface area contributed by atoms with Crippen molar-refractivity contribution in [2.75, 3.05) is 12.3 Å². The lowest BCUT2D eigenvalue weighted by molar-refractivity contribution is -0.121. The number of benzene rings is 1. The van der Waals surface area contributed by atoms with Gasteiger partial charge in [0.2, 0.25) is 5.91 Å². The Morgan fingerprint density at radius 2 is 2.12 bits per heavy atom. The predicted molar refractivity (Wildman–Crippen MR) is 126 cm³/mol. The van der Waals surface area contributed by atoms with E-state index in [0.29, 0.717) is 36.6 Å². The highest BCUT2D eigenvalue weighted by Gasteiger charge is 2.25. The van der Waals surface area contributed by atoms with Crippen molar-refractivity contribution >= 4 is 45.5 Å². The third-order valence-electron chi connectivity index (χ3n) is 5.60. The zero-order valence-electron chi connectivity index (χ0n) is 18.0. The minimum absolute atomic E-state index is 0.0516. The normalized spacial score (nSPS) is 15.5. The first-order valence-electron chi connectivity index (χ1n) is 10.6. The van der Waals surface area contributed by atoms with E-state index in [9.17, 15) is 13.6 Å². The van der Waals surface area contributed by atoms with E-state index in [-0.39, 0.29) is 30.3 Å². The number of hydrogen-bond acceptors (Lipinski definition) is 5. The van der Waals surface area contributed by atoms with Gasteiger partial charge in [-0.25, -0.2) is 9.37 Å². The molecule has 1 aliphatic carbocycles. The number of nitrogen functional groups attached to an aromatic ring is 1. The van der Waals surface area contributed by atoms with Gasteiger partial charge < -0.3 is 15.6 Å². The third kappa shape index (κ3) is 4.69. The number of hydrogen-bond donors (Lipinski definition) is 2. The number of imidazole rings is 1. The first kappa shape index (κ1) is 22.8. The maximum atomic E-state index is 14.3. The minimum atomic E-state index is -0.958. The van der Waals surface area contributed by atoms with Crippen LogP contribution < -0.4 is 11.1 Å². The SMILES string of the molecule is CC(C)CNC(=O)CCn1c(Cc2cc3c(cc2I)CCC3F)nc2c(N)nc(F)nc21. The van der Waals surface area contributed by atoms with Gasteiger partial charge in [0.15, 0.2) is 17.0 Å². The lowest BCUT2D eigenvalue weighted by atomic mass is 10.0. The molecule has 2 heterocycles. The summed E-state index contributed by atoms with van der Waals surface area (Å²) in [4.78, 5) is 24.3. The molecule has 1 atom stereocenters. The third-order valence-corrected chi connectivity index (χ3v) is 6.61. The molecule has 1 amide bonds. The molecule has 1 aliphatic rings. The summed E-state index contributed by atoms with van der Waals surface area (Å²) in [7, 11) is 0. The highest BCUT2D eigenvalue weighted by Crippen LogP contribution is 2.37. The summed E-state index contributed by atoms with van der Waals surface area (Å²) in [6.45, 7) is 4.88. The Kier molecular flexibility index (Phi) is 6.59. The topological polar surface area (TPSA) is 98.7 Å². The molecule has 170 valence electrons. The van der Waals surface area contributed by atoms with E-state index in [0.717, 1.165) is 26.7 Å². The highest BCUT2D eigenvalue weighted by atomic mass is 127. The average Bonchev–Trinajstić information content (AvgIpc) is 3.25. The van der Waals surface area contributed by atoms with Crippen molar-refractivity contribution in [2.24, 2.45) is 5.92 Å². The smallest absolute Gasteiger partial charge is 0.312 e. The van der Waals surface area contributed by atoms with E-state index in [1.807, 2.05) is 26.0 Å². The Balaban J connectivity index is 1.68. The number of carbonyl (C=O) groups is 1. The zero-order valence-corrected chi connectivity index (χ0v) is 20.1. The van der Waals surface area contributed by atoms with Crippen molar-refractivity contribution in [3.05, 3.63) is 44.3 Å². The fourth-order valence-corrected chi connectivity index (χ4v) is 4.68. The molecule has 1 aromatic carbocycles. The van der Waals surface area contributed by atoms with Crippen LogP contribution in [0.4, 0.5) is 14.6 Å². The number of aryl methyl sites for hydroxylation is 2. The number of nitrogens with two attached hydrogens (primary N) is 1. The van der Waals surface area contributed by atoms with E-state index < -0.39 is 12.2 Å². The van der Waals surface area contributed by atoms with E-state index in [1.165, 1.54) is 0 Å². The van der Waals surface area contributed by atoms with Crippen molar-refractivity contribution in [2.45, 2.75) is 52.2 Å². The summed E-state index contributed by atoms with van der Waals surface area (Å²) < 4.78 is 30.9. The van der Waals surface area contributed by atoms with Crippen LogP contribution in [0, 0.1) is 15.6 Å². The molecule has 3 aromatic rings. The highest BCUT2D eigenvalue weighted by molar-refractivity contribution is 14.1. The Labute approximate surface area is 198 Å². The number of nitrogens with one attached hydrogen (secondary N) is 1. The Morgan fingerprint density at radius 3 is 2.88 bits per heavy atom. The summed E-state index contributed by atoms with van der Waals surface area (Å²) in [6.07, 6.45) is -0.0977. The Bertz CT molecular complexity index is 1180. The maximum Gasteiger partial charge on any atom is 0.312 e. The number of nitrogens with zero attached hydrogens (tertiary/aromatic N) is 4. The molecule has 0 saturated heterocycles. The second kappa shape index (κ2) is 9.24. The first-order chi connectivity index (χ1) is 15.2. The minimum Gasteiger partial charge on any atom is -0.382 e. The molecule has 7 nitrogen and oxygen atoms in total. The second-order valence-corrected chi connectivity index (χ2v) is 9.67. The van der Waals surface area contributed by atoms with Gasteiger partial charge in [-0.15, -0.1) is 0 Å². The molecular weight excluding hydrogens is 529 g/mol. The van der Waals surface area contributed by atoms with E-state index >= 15 is 0 Å². The lowest BCUT2D eigenvalue weighted by Crippen LogP contribution is -2.28. The summed E-state index contributed by atoms with van der Waals surface area (Å²) in [5, 5.41) is 2.88. The van der Waals surface area contributed by atoms with Crippen LogP contribution in [0.3, 0.4) is 0 Å². The van der Waals surface area contributed by atoms with Gasteiger partial charge in [-0.05, 0) is 64.1 Å². The number of rotatable bonds is 7. The van der Waals surface area contributed by atoms with E-state index in [4.69, 9.17) is 5.73 Å². The van der Waals surface area contributed by atoms with Gasteiger partial charge >= 0.3 is 6.08 Å².